The number of aliphatic hydroxyl groups is 1. The summed E-state index contributed by atoms with van der Waals surface area (Å²) in [7, 11) is 0. The highest BCUT2D eigenvalue weighted by Gasteiger charge is 2.43. The van der Waals surface area contributed by atoms with Crippen LogP contribution in [0.4, 0.5) is 10.1 Å². The lowest BCUT2D eigenvalue weighted by atomic mass is 10.1. The Kier molecular flexibility index (Phi) is 4.32. The van der Waals surface area contributed by atoms with Gasteiger partial charge in [0.15, 0.2) is 0 Å². The lowest BCUT2D eigenvalue weighted by Crippen LogP contribution is -2.15. The number of rotatable bonds is 5. The molecule has 1 aliphatic carbocycles. The molecule has 1 amide bonds. The molecule has 9 heteroatoms. The smallest absolute Gasteiger partial charge is 0.274 e. The van der Waals surface area contributed by atoms with Gasteiger partial charge in [-0.25, -0.2) is 9.37 Å². The molecule has 1 fully saturated rings. The van der Waals surface area contributed by atoms with Gasteiger partial charge in [-0.05, 0) is 42.7 Å². The summed E-state index contributed by atoms with van der Waals surface area (Å²) in [4.78, 5) is 21.4. The fourth-order valence-corrected chi connectivity index (χ4v) is 3.29. The van der Waals surface area contributed by atoms with Crippen molar-refractivity contribution in [2.24, 2.45) is 0 Å². The number of hydrogen-bond acceptors (Lipinski definition) is 6. The summed E-state index contributed by atoms with van der Waals surface area (Å²) in [5, 5.41) is 16.1. The Hall–Kier alpha value is -3.59. The van der Waals surface area contributed by atoms with Crippen molar-refractivity contribution < 1.29 is 18.8 Å². The fraction of sp³-hybridized carbons (Fsp3) is 0.238. The lowest BCUT2D eigenvalue weighted by Gasteiger charge is -2.09. The van der Waals surface area contributed by atoms with Crippen LogP contribution in [0.5, 0.6) is 0 Å². The number of aryl methyl sites for hydroxylation is 1. The van der Waals surface area contributed by atoms with Crippen LogP contribution in [0.25, 0.3) is 17.0 Å². The second-order valence-electron chi connectivity index (χ2n) is 7.36. The number of halogens is 1. The predicted molar refractivity (Wildman–Crippen MR) is 106 cm³/mol. The molecule has 2 N–H and O–H groups in total. The van der Waals surface area contributed by atoms with Gasteiger partial charge in [-0.2, -0.15) is 4.98 Å². The van der Waals surface area contributed by atoms with E-state index in [2.05, 4.69) is 20.4 Å². The highest BCUT2D eigenvalue weighted by molar-refractivity contribution is 6.04. The normalized spacial score (nSPS) is 18.0. The van der Waals surface area contributed by atoms with E-state index < -0.39 is 6.17 Å². The average Bonchev–Trinajstić information content (AvgIpc) is 3.15. The van der Waals surface area contributed by atoms with Gasteiger partial charge in [-0.15, -0.1) is 0 Å². The molecule has 0 aliphatic heterocycles. The SMILES string of the molecule is Cc1ccc(-c2noc([C@@H]3C[C@@H]3F)n2)cc1NC(=O)c1cnc2cc(CO)ccn12. The maximum atomic E-state index is 13.2. The molecule has 0 spiro atoms. The van der Waals surface area contributed by atoms with Gasteiger partial charge in [0.2, 0.25) is 11.7 Å². The van der Waals surface area contributed by atoms with E-state index in [4.69, 9.17) is 4.52 Å². The van der Waals surface area contributed by atoms with Crippen LogP contribution >= 0.6 is 0 Å². The zero-order valence-corrected chi connectivity index (χ0v) is 16.0. The van der Waals surface area contributed by atoms with E-state index in [9.17, 15) is 14.3 Å². The number of carbonyl (C=O) groups is 1. The Bertz CT molecular complexity index is 1260. The van der Waals surface area contributed by atoms with Crippen molar-refractivity contribution >= 4 is 17.2 Å². The molecule has 1 aromatic carbocycles. The zero-order valence-electron chi connectivity index (χ0n) is 16.0. The van der Waals surface area contributed by atoms with E-state index in [1.54, 1.807) is 28.8 Å². The molecule has 0 radical (unpaired) electrons. The molecule has 3 aromatic heterocycles. The van der Waals surface area contributed by atoms with Crippen LogP contribution in [0.15, 0.2) is 47.2 Å². The first-order valence-corrected chi connectivity index (χ1v) is 9.50. The minimum Gasteiger partial charge on any atom is -0.392 e. The van der Waals surface area contributed by atoms with Crippen LogP contribution in [0, 0.1) is 6.92 Å². The third-order valence-electron chi connectivity index (χ3n) is 5.21. The van der Waals surface area contributed by atoms with Gasteiger partial charge in [-0.1, -0.05) is 17.3 Å². The number of carbonyl (C=O) groups excluding carboxylic acids is 1. The predicted octanol–water partition coefficient (Wildman–Crippen LogP) is 3.26. The summed E-state index contributed by atoms with van der Waals surface area (Å²) in [6.07, 6.45) is 2.68. The van der Waals surface area contributed by atoms with Crippen molar-refractivity contribution in [1.29, 1.82) is 0 Å². The second kappa shape index (κ2) is 7.03. The molecule has 4 aromatic rings. The van der Waals surface area contributed by atoms with Crippen molar-refractivity contribution in [1.82, 2.24) is 19.5 Å². The van der Waals surface area contributed by atoms with Crippen LogP contribution in [-0.2, 0) is 6.61 Å². The molecular formula is C21H18FN5O3. The van der Waals surface area contributed by atoms with Crippen LogP contribution in [0.1, 0.15) is 39.8 Å². The number of aliphatic hydroxyl groups excluding tert-OH is 1. The number of fused-ring (bicyclic) bond motifs is 1. The maximum Gasteiger partial charge on any atom is 0.274 e. The lowest BCUT2D eigenvalue weighted by molar-refractivity contribution is 0.102. The van der Waals surface area contributed by atoms with E-state index in [0.717, 1.165) is 5.56 Å². The number of hydrogen-bond donors (Lipinski definition) is 2. The average molecular weight is 407 g/mol. The second-order valence-corrected chi connectivity index (χ2v) is 7.36. The van der Waals surface area contributed by atoms with E-state index in [1.807, 2.05) is 19.1 Å². The molecule has 1 aliphatic rings. The van der Waals surface area contributed by atoms with Crippen LogP contribution in [-0.4, -0.2) is 36.7 Å². The molecule has 2 atom stereocenters. The molecule has 0 unspecified atom stereocenters. The number of anilines is 1. The van der Waals surface area contributed by atoms with Crippen molar-refractivity contribution in [3.63, 3.8) is 0 Å². The first-order valence-electron chi connectivity index (χ1n) is 9.50. The van der Waals surface area contributed by atoms with Gasteiger partial charge in [0.25, 0.3) is 5.91 Å². The Morgan fingerprint density at radius 3 is 2.97 bits per heavy atom. The quantitative estimate of drug-likeness (QED) is 0.526. The Morgan fingerprint density at radius 1 is 1.37 bits per heavy atom. The highest BCUT2D eigenvalue weighted by Crippen LogP contribution is 2.43. The molecule has 1 saturated carbocycles. The standard InChI is InChI=1S/C21H18FN5O3/c1-11-2-3-13(19-25-21(30-26-19)14-8-15(14)22)7-16(11)24-20(29)17-9-23-18-6-12(10-28)4-5-27(17)18/h2-7,9,14-15,28H,8,10H2,1H3,(H,24,29)/t14-,15+/m1/s1. The van der Waals surface area contributed by atoms with E-state index in [0.29, 0.717) is 46.3 Å². The molecule has 3 heterocycles. The van der Waals surface area contributed by atoms with Gasteiger partial charge in [0.05, 0.1) is 18.7 Å². The third-order valence-corrected chi connectivity index (χ3v) is 5.21. The number of pyridine rings is 1. The van der Waals surface area contributed by atoms with Gasteiger partial charge in [-0.3, -0.25) is 9.20 Å². The summed E-state index contributed by atoms with van der Waals surface area (Å²) in [5.41, 5.74) is 3.77. The van der Waals surface area contributed by atoms with Crippen molar-refractivity contribution in [2.75, 3.05) is 5.32 Å². The first-order chi connectivity index (χ1) is 14.5. The molecule has 152 valence electrons. The number of aromatic nitrogens is 4. The Labute approximate surface area is 170 Å². The molecule has 30 heavy (non-hydrogen) atoms. The minimum absolute atomic E-state index is 0.0958. The van der Waals surface area contributed by atoms with E-state index >= 15 is 0 Å². The number of alkyl halides is 1. The molecule has 8 nitrogen and oxygen atoms in total. The minimum atomic E-state index is -0.912. The third kappa shape index (κ3) is 3.22. The number of nitrogens with one attached hydrogen (secondary N) is 1. The van der Waals surface area contributed by atoms with Crippen LogP contribution in [0.3, 0.4) is 0 Å². The molecule has 0 saturated heterocycles. The molecule has 0 bridgehead atoms. The topological polar surface area (TPSA) is 106 Å². The van der Waals surface area contributed by atoms with Crippen molar-refractivity contribution in [3.05, 3.63) is 65.4 Å². The van der Waals surface area contributed by atoms with Gasteiger partial charge in [0, 0.05) is 17.4 Å². The molecular weight excluding hydrogens is 389 g/mol. The van der Waals surface area contributed by atoms with Crippen LogP contribution in [0.2, 0.25) is 0 Å². The summed E-state index contributed by atoms with van der Waals surface area (Å²) >= 11 is 0. The molecule has 5 rings (SSSR count). The largest absolute Gasteiger partial charge is 0.392 e. The van der Waals surface area contributed by atoms with E-state index in [1.165, 1.54) is 6.20 Å². The van der Waals surface area contributed by atoms with Crippen molar-refractivity contribution in [2.45, 2.75) is 32.0 Å². The zero-order chi connectivity index (χ0) is 20.8. The number of imidazole rings is 1. The van der Waals surface area contributed by atoms with E-state index in [-0.39, 0.29) is 18.4 Å². The summed E-state index contributed by atoms with van der Waals surface area (Å²) in [6.45, 7) is 1.78. The summed E-state index contributed by atoms with van der Waals surface area (Å²) in [6, 6.07) is 8.88. The summed E-state index contributed by atoms with van der Waals surface area (Å²) < 4.78 is 20.1. The van der Waals surface area contributed by atoms with Gasteiger partial charge >= 0.3 is 0 Å². The highest BCUT2D eigenvalue weighted by atomic mass is 19.1. The number of amides is 1. The van der Waals surface area contributed by atoms with Crippen LogP contribution < -0.4 is 5.32 Å². The Balaban J connectivity index is 1.41. The monoisotopic (exact) mass is 407 g/mol. The Morgan fingerprint density at radius 2 is 2.20 bits per heavy atom. The first kappa shape index (κ1) is 18.4. The van der Waals surface area contributed by atoms with Gasteiger partial charge in [0.1, 0.15) is 17.5 Å². The summed E-state index contributed by atoms with van der Waals surface area (Å²) in [5.74, 6) is 0.0199. The van der Waals surface area contributed by atoms with Gasteiger partial charge < -0.3 is 14.9 Å². The number of benzene rings is 1. The number of nitrogens with zero attached hydrogens (tertiary/aromatic N) is 4. The fourth-order valence-electron chi connectivity index (χ4n) is 3.29. The van der Waals surface area contributed by atoms with Crippen molar-refractivity contribution in [3.8, 4) is 11.4 Å². The maximum absolute atomic E-state index is 13.2.